The van der Waals surface area contributed by atoms with Crippen LogP contribution in [0.1, 0.15) is 177 Å². The molecule has 7 rings (SSSR count). The van der Waals surface area contributed by atoms with Gasteiger partial charge in [0.15, 0.2) is 0 Å². The van der Waals surface area contributed by atoms with Gasteiger partial charge in [-0.1, -0.05) is 53.4 Å². The first-order valence-corrected chi connectivity index (χ1v) is 25.1. The minimum absolute atomic E-state index is 0. The molecule has 1 aliphatic heterocycles. The number of fused-ring (bicyclic) bond motifs is 8. The van der Waals surface area contributed by atoms with Crippen LogP contribution >= 0.6 is 0 Å². The first-order valence-electron chi connectivity index (χ1n) is 25.1. The predicted octanol–water partition coefficient (Wildman–Crippen LogP) is 10.3. The number of unbranched alkanes of at least 4 members (excludes halogenated alkanes) is 4. The van der Waals surface area contributed by atoms with Gasteiger partial charge in [-0.2, -0.15) is 0 Å². The molecule has 6 aromatic rings. The van der Waals surface area contributed by atoms with Crippen molar-refractivity contribution < 1.29 is 41.2 Å². The van der Waals surface area contributed by atoms with Crippen LogP contribution in [0.25, 0.3) is 0 Å². The van der Waals surface area contributed by atoms with Crippen LogP contribution in [-0.2, 0) is 21.7 Å². The van der Waals surface area contributed by atoms with Crippen LogP contribution < -0.4 is 17.0 Å². The number of H-pyrrole nitrogens is 4. The molecule has 8 bridgehead atoms. The van der Waals surface area contributed by atoms with Gasteiger partial charge in [0.1, 0.15) is 0 Å². The van der Waals surface area contributed by atoms with Crippen molar-refractivity contribution in [1.29, 1.82) is 0 Å². The fourth-order valence-corrected chi connectivity index (χ4v) is 10.2. The number of non-ortho nitro benzene ring substituents is 4. The number of benzene rings is 2. The molecule has 72 heavy (non-hydrogen) atoms. The summed E-state index contributed by atoms with van der Waals surface area (Å²) >= 11 is 0. The maximum Gasteiger partial charge on any atom is 0.276 e. The lowest BCUT2D eigenvalue weighted by Gasteiger charge is -2.39. The summed E-state index contributed by atoms with van der Waals surface area (Å²) in [5.74, 6) is 0. The number of nitrogens with one attached hydrogen (secondary N) is 4. The topological polar surface area (TPSA) is 236 Å². The van der Waals surface area contributed by atoms with Crippen molar-refractivity contribution in [3.8, 4) is 0 Å². The van der Waals surface area contributed by atoms with Gasteiger partial charge in [0.05, 0.1) is 68.8 Å². The number of nitrogens with zero attached hydrogens (tertiary/aromatic N) is 5. The van der Waals surface area contributed by atoms with Crippen LogP contribution in [0.15, 0.2) is 84.9 Å². The van der Waals surface area contributed by atoms with Gasteiger partial charge < -0.3 is 41.4 Å². The summed E-state index contributed by atoms with van der Waals surface area (Å²) < 4.78 is 1.42. The van der Waals surface area contributed by atoms with E-state index in [2.05, 4.69) is 47.6 Å². The van der Waals surface area contributed by atoms with Gasteiger partial charge in [-0.15, -0.1) is 0 Å². The summed E-state index contributed by atoms with van der Waals surface area (Å²) in [6.45, 7) is 26.6. The molecule has 4 aromatic heterocycles. The van der Waals surface area contributed by atoms with E-state index in [9.17, 15) is 40.5 Å². The Labute approximate surface area is 432 Å². The Morgan fingerprint density at radius 1 is 0.389 bits per heavy atom. The zero-order valence-electron chi connectivity index (χ0n) is 43.4. The van der Waals surface area contributed by atoms with E-state index in [1.807, 2.05) is 90.1 Å². The van der Waals surface area contributed by atoms with Crippen LogP contribution in [0.4, 0.5) is 22.7 Å². The van der Waals surface area contributed by atoms with E-state index in [4.69, 9.17) is 0 Å². The third kappa shape index (κ3) is 11.1. The van der Waals surface area contributed by atoms with Gasteiger partial charge in [0.2, 0.25) is 0 Å². The molecule has 0 atom stereocenters. The van der Waals surface area contributed by atoms with Gasteiger partial charge in [-0.05, 0) is 127 Å². The van der Waals surface area contributed by atoms with Gasteiger partial charge in [-0.3, -0.25) is 40.5 Å². The molecule has 1 aliphatic rings. The normalized spacial score (nSPS) is 17.8. The van der Waals surface area contributed by atoms with Crippen molar-refractivity contribution in [1.82, 2.24) is 19.9 Å². The van der Waals surface area contributed by atoms with Crippen molar-refractivity contribution in [3.63, 3.8) is 0 Å². The highest BCUT2D eigenvalue weighted by molar-refractivity contribution is 5.58. The molecule has 0 radical (unpaired) electrons. The summed E-state index contributed by atoms with van der Waals surface area (Å²) in [7, 11) is 0. The van der Waals surface area contributed by atoms with E-state index in [0.717, 1.165) is 34.9 Å². The molecule has 0 spiro atoms. The monoisotopic (exact) mass is 1050 g/mol. The summed E-state index contributed by atoms with van der Waals surface area (Å²) in [6.07, 6.45) is 11.1. The van der Waals surface area contributed by atoms with E-state index in [-0.39, 0.29) is 17.0 Å². The molecule has 0 saturated carbocycles. The zero-order chi connectivity index (χ0) is 52.1. The molecular weight excluding hydrogens is 983 g/mol. The van der Waals surface area contributed by atoms with Gasteiger partial charge in [0.25, 0.3) is 22.7 Å². The fourth-order valence-electron chi connectivity index (χ4n) is 10.2. The summed E-state index contributed by atoms with van der Waals surface area (Å²) in [6, 6.07) is 22.3. The number of hydrogen-bond acceptors (Lipinski definition) is 8. The molecule has 5 heterocycles. The van der Waals surface area contributed by atoms with E-state index < -0.39 is 64.1 Å². The Morgan fingerprint density at radius 3 is 0.792 bits per heavy atom. The second kappa shape index (κ2) is 22.6. The van der Waals surface area contributed by atoms with Crippen LogP contribution in [-0.4, -0.2) is 70.3 Å². The number of halogens is 1. The van der Waals surface area contributed by atoms with Gasteiger partial charge in [0, 0.05) is 80.6 Å². The lowest BCUT2D eigenvalue weighted by molar-refractivity contribution is -0.929. The number of nitro benzene ring substituents is 4. The molecular formula is C54H72BrN9O8. The van der Waals surface area contributed by atoms with Crippen molar-refractivity contribution in [3.05, 3.63) is 182 Å². The number of hydrogen-bond donors (Lipinski definition) is 4. The van der Waals surface area contributed by atoms with Crippen molar-refractivity contribution in [2.45, 2.75) is 142 Å². The Bertz CT molecular complexity index is 2510. The largest absolute Gasteiger partial charge is 1.00 e. The zero-order valence-corrected chi connectivity index (χ0v) is 45.0. The number of quaternary nitrogens is 1. The number of aromatic nitrogens is 4. The Hall–Kier alpha value is -6.40. The van der Waals surface area contributed by atoms with Gasteiger partial charge in [-0.25, -0.2) is 0 Å². The first kappa shape index (κ1) is 56.5. The predicted molar refractivity (Wildman–Crippen MR) is 277 cm³/mol. The highest BCUT2D eigenvalue weighted by atomic mass is 79.9. The van der Waals surface area contributed by atoms with Crippen LogP contribution in [0.2, 0.25) is 0 Å². The maximum absolute atomic E-state index is 12.0. The minimum Gasteiger partial charge on any atom is -1.00 e. The second-order valence-corrected chi connectivity index (χ2v) is 20.8. The molecule has 17 nitrogen and oxygen atoms in total. The first-order chi connectivity index (χ1) is 33.5. The van der Waals surface area contributed by atoms with Crippen LogP contribution in [0.3, 0.4) is 0 Å². The molecule has 2 aromatic carbocycles. The highest BCUT2D eigenvalue weighted by Crippen LogP contribution is 2.47. The lowest BCUT2D eigenvalue weighted by Crippen LogP contribution is -3.00. The maximum atomic E-state index is 12.0. The summed E-state index contributed by atoms with van der Waals surface area (Å²) in [5.41, 5.74) is 0.569. The molecule has 4 N–H and O–H groups in total. The standard InChI is InChI=1S/C38H36N8O8.C16H36N.BrH/c1-35(2)27-7-11-31(39-27)37(5,21-15-23(43(47)48)19-24(16-21)44(49)50)33-13-9-29(41-33)36(3,4)30-10-14-34(42-30)38(6,32-12-8-28(35)40-32)22-17-25(45(51)52)20-26(18-22)46(53)54;1-5-9-13-17(14-10-6-2,15-11-7-3)16-12-8-4;/h7-20,39-42H,1-6H3;5-16H2,1-4H3;1H/q;+1;/p-1. The second-order valence-electron chi connectivity index (χ2n) is 20.8. The van der Waals surface area contributed by atoms with Crippen molar-refractivity contribution in [2.24, 2.45) is 0 Å². The molecule has 0 fully saturated rings. The molecule has 0 unspecified atom stereocenters. The molecule has 0 saturated heterocycles. The molecule has 18 heteroatoms. The lowest BCUT2D eigenvalue weighted by atomic mass is 9.76. The average Bonchev–Trinajstić information content (AvgIpc) is 4.21. The minimum atomic E-state index is -1.17. The molecule has 388 valence electrons. The average molecular weight is 1060 g/mol. The third-order valence-corrected chi connectivity index (χ3v) is 15.3. The van der Waals surface area contributed by atoms with Crippen LogP contribution in [0, 0.1) is 40.5 Å². The summed E-state index contributed by atoms with van der Waals surface area (Å²) in [5, 5.41) is 48.1. The highest BCUT2D eigenvalue weighted by Gasteiger charge is 2.42. The molecule has 0 aliphatic carbocycles. The Morgan fingerprint density at radius 2 is 0.597 bits per heavy atom. The quantitative estimate of drug-likeness (QED) is 0.0366. The third-order valence-electron chi connectivity index (χ3n) is 15.3. The number of rotatable bonds is 18. The summed E-state index contributed by atoms with van der Waals surface area (Å²) in [4.78, 5) is 59.7. The molecule has 0 amide bonds. The van der Waals surface area contributed by atoms with E-state index >= 15 is 0 Å². The van der Waals surface area contributed by atoms with E-state index in [1.165, 1.54) is 106 Å². The van der Waals surface area contributed by atoms with Crippen LogP contribution in [0.5, 0.6) is 0 Å². The smallest absolute Gasteiger partial charge is 0.276 e. The van der Waals surface area contributed by atoms with Gasteiger partial charge >= 0.3 is 0 Å². The SMILES string of the molecule is CC1(C)c2ccc([nH]2)C(C)(c2cc([N+](=O)[O-])cc([N+](=O)[O-])c2)c2ccc([nH]2)C(C)(C)c2ccc([nH]2)C(C)(c2cc([N+](=O)[O-])cc([N+](=O)[O-])c2)c2ccc1[nH]2.CCCC[N+](CCCC)(CCCC)CCCC.[Br-]. The van der Waals surface area contributed by atoms with E-state index in [0.29, 0.717) is 33.9 Å². The van der Waals surface area contributed by atoms with Crippen molar-refractivity contribution >= 4 is 22.7 Å². The van der Waals surface area contributed by atoms with Crippen molar-refractivity contribution in [2.75, 3.05) is 26.2 Å². The number of nitro groups is 4. The Balaban J connectivity index is 0.000000459. The van der Waals surface area contributed by atoms with E-state index in [1.54, 1.807) is 0 Å². The number of aromatic amines is 4. The Kier molecular flexibility index (Phi) is 17.7. The fraction of sp³-hybridized carbons (Fsp3) is 0.481.